The molecule has 0 radical (unpaired) electrons. The molecule has 1 saturated carbocycles. The maximum absolute atomic E-state index is 6.11. The van der Waals surface area contributed by atoms with Crippen LogP contribution in [0.5, 0.6) is 0 Å². The summed E-state index contributed by atoms with van der Waals surface area (Å²) in [5.74, 6) is 0. The molecule has 0 saturated heterocycles. The standard InChI is InChI=1S/C13H16N2S/c1-9-2-3-12-10(8-9)11(15-16-12)4-5-13(14)6-7-13/h2-3,8H,4-7,14H2,1H3. The molecule has 3 rings (SSSR count). The van der Waals surface area contributed by atoms with Crippen molar-refractivity contribution in [3.63, 3.8) is 0 Å². The summed E-state index contributed by atoms with van der Waals surface area (Å²) in [5.41, 5.74) is 8.80. The van der Waals surface area contributed by atoms with Gasteiger partial charge in [0.25, 0.3) is 0 Å². The van der Waals surface area contributed by atoms with Crippen LogP contribution < -0.4 is 5.73 Å². The SMILES string of the molecule is Cc1ccc2snc(CCC3(N)CC3)c2c1. The maximum atomic E-state index is 6.11. The van der Waals surface area contributed by atoms with E-state index in [1.165, 1.54) is 34.2 Å². The first kappa shape index (κ1) is 10.2. The molecule has 2 aromatic rings. The van der Waals surface area contributed by atoms with Gasteiger partial charge in [-0.25, -0.2) is 0 Å². The highest BCUT2D eigenvalue weighted by Crippen LogP contribution is 2.37. The number of aryl methyl sites for hydroxylation is 2. The van der Waals surface area contributed by atoms with Crippen molar-refractivity contribution < 1.29 is 0 Å². The fourth-order valence-electron chi connectivity index (χ4n) is 2.06. The zero-order valence-corrected chi connectivity index (χ0v) is 10.3. The molecule has 84 valence electrons. The molecule has 0 amide bonds. The topological polar surface area (TPSA) is 38.9 Å². The maximum Gasteiger partial charge on any atom is 0.0621 e. The molecule has 2 N–H and O–H groups in total. The van der Waals surface area contributed by atoms with Crippen LogP contribution in [0.15, 0.2) is 18.2 Å². The molecule has 1 aliphatic rings. The molecule has 1 aromatic heterocycles. The lowest BCUT2D eigenvalue weighted by Gasteiger charge is -2.06. The Labute approximate surface area is 99.6 Å². The first-order valence-electron chi connectivity index (χ1n) is 5.80. The van der Waals surface area contributed by atoms with Crippen molar-refractivity contribution in [3.8, 4) is 0 Å². The van der Waals surface area contributed by atoms with Crippen molar-refractivity contribution in [3.05, 3.63) is 29.5 Å². The van der Waals surface area contributed by atoms with Crippen LogP contribution in [0.1, 0.15) is 30.5 Å². The van der Waals surface area contributed by atoms with Crippen molar-refractivity contribution in [1.29, 1.82) is 0 Å². The number of fused-ring (bicyclic) bond motifs is 1. The number of rotatable bonds is 3. The van der Waals surface area contributed by atoms with Gasteiger partial charge in [0.15, 0.2) is 0 Å². The van der Waals surface area contributed by atoms with Crippen molar-refractivity contribution >= 4 is 21.6 Å². The van der Waals surface area contributed by atoms with E-state index in [2.05, 4.69) is 29.5 Å². The number of aromatic nitrogens is 1. The summed E-state index contributed by atoms with van der Waals surface area (Å²) < 4.78 is 5.85. The molecule has 1 fully saturated rings. The summed E-state index contributed by atoms with van der Waals surface area (Å²) in [5, 5.41) is 1.33. The summed E-state index contributed by atoms with van der Waals surface area (Å²) in [7, 11) is 0. The largest absolute Gasteiger partial charge is 0.325 e. The number of benzene rings is 1. The van der Waals surface area contributed by atoms with Crippen LogP contribution in [0, 0.1) is 6.92 Å². The van der Waals surface area contributed by atoms with Gasteiger partial charge in [-0.3, -0.25) is 0 Å². The number of nitrogens with two attached hydrogens (primary N) is 1. The normalized spacial score (nSPS) is 17.9. The monoisotopic (exact) mass is 232 g/mol. The van der Waals surface area contributed by atoms with E-state index in [0.29, 0.717) is 0 Å². The summed E-state index contributed by atoms with van der Waals surface area (Å²) >= 11 is 1.60. The third kappa shape index (κ3) is 1.85. The molecule has 1 aliphatic carbocycles. The van der Waals surface area contributed by atoms with Crippen LogP contribution in [0.4, 0.5) is 0 Å². The van der Waals surface area contributed by atoms with E-state index in [1.54, 1.807) is 11.5 Å². The molecule has 0 unspecified atom stereocenters. The van der Waals surface area contributed by atoms with Crippen molar-refractivity contribution in [2.45, 2.75) is 38.1 Å². The van der Waals surface area contributed by atoms with E-state index < -0.39 is 0 Å². The van der Waals surface area contributed by atoms with Gasteiger partial charge in [-0.1, -0.05) is 11.6 Å². The Balaban J connectivity index is 1.88. The van der Waals surface area contributed by atoms with E-state index in [-0.39, 0.29) is 5.54 Å². The van der Waals surface area contributed by atoms with Crippen molar-refractivity contribution in [2.75, 3.05) is 0 Å². The average molecular weight is 232 g/mol. The summed E-state index contributed by atoms with van der Waals surface area (Å²) in [6.45, 7) is 2.13. The second-order valence-corrected chi connectivity index (χ2v) is 5.80. The zero-order chi connectivity index (χ0) is 11.2. The summed E-state index contributed by atoms with van der Waals surface area (Å²) in [6.07, 6.45) is 4.49. The molecule has 1 heterocycles. The molecule has 2 nitrogen and oxygen atoms in total. The second-order valence-electron chi connectivity index (χ2n) is 4.99. The minimum atomic E-state index is 0.139. The van der Waals surface area contributed by atoms with Crippen LogP contribution in [0.3, 0.4) is 0 Å². The molecule has 3 heteroatoms. The Morgan fingerprint density at radius 2 is 2.25 bits per heavy atom. The lowest BCUT2D eigenvalue weighted by molar-refractivity contribution is 0.607. The predicted molar refractivity (Wildman–Crippen MR) is 68.8 cm³/mol. The third-order valence-corrected chi connectivity index (χ3v) is 4.32. The van der Waals surface area contributed by atoms with E-state index in [9.17, 15) is 0 Å². The summed E-state index contributed by atoms with van der Waals surface area (Å²) in [4.78, 5) is 0. The lowest BCUT2D eigenvalue weighted by Crippen LogP contribution is -2.22. The molecule has 0 atom stereocenters. The smallest absolute Gasteiger partial charge is 0.0621 e. The average Bonchev–Trinajstić information content (AvgIpc) is 2.87. The molecular weight excluding hydrogens is 216 g/mol. The van der Waals surface area contributed by atoms with E-state index in [0.717, 1.165) is 12.8 Å². The minimum Gasteiger partial charge on any atom is -0.325 e. The molecule has 16 heavy (non-hydrogen) atoms. The first-order chi connectivity index (χ1) is 7.66. The fourth-order valence-corrected chi connectivity index (χ4v) is 2.86. The number of hydrogen-bond donors (Lipinski definition) is 1. The van der Waals surface area contributed by atoms with Crippen LogP contribution in [0.2, 0.25) is 0 Å². The Morgan fingerprint density at radius 3 is 3.00 bits per heavy atom. The van der Waals surface area contributed by atoms with Gasteiger partial charge < -0.3 is 5.73 Å². The van der Waals surface area contributed by atoms with Gasteiger partial charge in [-0.05, 0) is 56.3 Å². The predicted octanol–water partition coefficient (Wildman–Crippen LogP) is 3.03. The third-order valence-electron chi connectivity index (χ3n) is 3.45. The van der Waals surface area contributed by atoms with Gasteiger partial charge in [-0.2, -0.15) is 4.37 Å². The Bertz CT molecular complexity index is 526. The number of hydrogen-bond acceptors (Lipinski definition) is 3. The molecule has 0 aliphatic heterocycles. The van der Waals surface area contributed by atoms with Gasteiger partial charge in [0.05, 0.1) is 10.4 Å². The lowest BCUT2D eigenvalue weighted by atomic mass is 10.1. The van der Waals surface area contributed by atoms with Crippen molar-refractivity contribution in [2.24, 2.45) is 5.73 Å². The van der Waals surface area contributed by atoms with Crippen LogP contribution in [-0.4, -0.2) is 9.91 Å². The van der Waals surface area contributed by atoms with Gasteiger partial charge >= 0.3 is 0 Å². The highest BCUT2D eigenvalue weighted by molar-refractivity contribution is 7.13. The highest BCUT2D eigenvalue weighted by atomic mass is 32.1. The van der Waals surface area contributed by atoms with Gasteiger partial charge in [0, 0.05) is 10.9 Å². The highest BCUT2D eigenvalue weighted by Gasteiger charge is 2.37. The molecular formula is C13H16N2S. The van der Waals surface area contributed by atoms with Gasteiger partial charge in [-0.15, -0.1) is 0 Å². The first-order valence-corrected chi connectivity index (χ1v) is 6.57. The minimum absolute atomic E-state index is 0.139. The van der Waals surface area contributed by atoms with Crippen LogP contribution >= 0.6 is 11.5 Å². The Hall–Kier alpha value is -0.930. The Kier molecular flexibility index (Phi) is 2.26. The van der Waals surface area contributed by atoms with Crippen LogP contribution in [-0.2, 0) is 6.42 Å². The quantitative estimate of drug-likeness (QED) is 0.883. The number of nitrogens with zero attached hydrogens (tertiary/aromatic N) is 1. The van der Waals surface area contributed by atoms with E-state index in [4.69, 9.17) is 5.73 Å². The molecule has 0 spiro atoms. The summed E-state index contributed by atoms with van der Waals surface area (Å²) in [6, 6.07) is 6.56. The van der Waals surface area contributed by atoms with Crippen molar-refractivity contribution in [1.82, 2.24) is 4.37 Å². The zero-order valence-electron chi connectivity index (χ0n) is 9.49. The van der Waals surface area contributed by atoms with E-state index in [1.807, 2.05) is 0 Å². The van der Waals surface area contributed by atoms with Crippen LogP contribution in [0.25, 0.3) is 10.1 Å². The van der Waals surface area contributed by atoms with Gasteiger partial charge in [0.1, 0.15) is 0 Å². The molecule has 1 aromatic carbocycles. The van der Waals surface area contributed by atoms with E-state index >= 15 is 0 Å². The molecule has 0 bridgehead atoms. The van der Waals surface area contributed by atoms with Gasteiger partial charge in [0.2, 0.25) is 0 Å². The second kappa shape index (κ2) is 3.54. The Morgan fingerprint density at radius 1 is 1.44 bits per heavy atom. The fraction of sp³-hybridized carbons (Fsp3) is 0.462.